The first kappa shape index (κ1) is 9.97. The van der Waals surface area contributed by atoms with E-state index in [9.17, 15) is 0 Å². The summed E-state index contributed by atoms with van der Waals surface area (Å²) >= 11 is 0. The molecule has 0 spiro atoms. The highest BCUT2D eigenvalue weighted by molar-refractivity contribution is 5.61. The van der Waals surface area contributed by atoms with Gasteiger partial charge in [0.1, 0.15) is 23.9 Å². The smallest absolute Gasteiger partial charge is 0.131 e. The molecular weight excluding hydrogens is 212 g/mol. The minimum Gasteiger partial charge on any atom is -0.489 e. The van der Waals surface area contributed by atoms with Crippen LogP contribution in [0.3, 0.4) is 0 Å². The number of fused-ring (bicyclic) bond motifs is 1. The lowest BCUT2D eigenvalue weighted by molar-refractivity contribution is 0.356. The minimum absolute atomic E-state index is 0.627. The summed E-state index contributed by atoms with van der Waals surface area (Å²) in [5.74, 6) is 2.50. The van der Waals surface area contributed by atoms with Crippen LogP contribution in [0.1, 0.15) is 5.56 Å². The lowest BCUT2D eigenvalue weighted by atomic mass is 10.1. The summed E-state index contributed by atoms with van der Waals surface area (Å²) in [6, 6.07) is 15.6. The van der Waals surface area contributed by atoms with Crippen LogP contribution in [0.5, 0.6) is 17.2 Å². The van der Waals surface area contributed by atoms with Crippen LogP contribution in [0.2, 0.25) is 0 Å². The third kappa shape index (κ3) is 2.16. The second-order valence-corrected chi connectivity index (χ2v) is 3.83. The van der Waals surface area contributed by atoms with Crippen molar-refractivity contribution in [3.05, 3.63) is 60.2 Å². The van der Waals surface area contributed by atoms with Crippen LogP contribution in [0, 0.1) is 0 Å². The van der Waals surface area contributed by atoms with Crippen molar-refractivity contribution in [3.8, 4) is 17.2 Å². The molecule has 0 atom stereocenters. The number of ether oxygens (including phenoxy) is 2. The van der Waals surface area contributed by atoms with E-state index in [0.717, 1.165) is 22.8 Å². The van der Waals surface area contributed by atoms with Crippen LogP contribution >= 0.6 is 0 Å². The monoisotopic (exact) mass is 224 g/mol. The summed E-state index contributed by atoms with van der Waals surface area (Å²) in [6.45, 7) is 0.627. The molecule has 2 aromatic carbocycles. The predicted molar refractivity (Wildman–Crippen MR) is 67.5 cm³/mol. The number of hydrogen-bond donors (Lipinski definition) is 0. The lowest BCUT2D eigenvalue weighted by Crippen LogP contribution is -2.00. The average Bonchev–Trinajstić information content (AvgIpc) is 2.40. The van der Waals surface area contributed by atoms with E-state index in [1.807, 2.05) is 54.6 Å². The van der Waals surface area contributed by atoms with Gasteiger partial charge in [0.15, 0.2) is 0 Å². The Hall–Kier alpha value is -2.22. The maximum absolute atomic E-state index is 5.74. The van der Waals surface area contributed by atoms with Crippen LogP contribution < -0.4 is 9.47 Å². The van der Waals surface area contributed by atoms with Gasteiger partial charge in [-0.1, -0.05) is 24.3 Å². The highest BCUT2D eigenvalue weighted by Gasteiger charge is 2.07. The normalized spacial score (nSPS) is 12.7. The van der Waals surface area contributed by atoms with Crippen molar-refractivity contribution in [3.63, 3.8) is 0 Å². The summed E-state index contributed by atoms with van der Waals surface area (Å²) in [4.78, 5) is 0. The fourth-order valence-electron chi connectivity index (χ4n) is 1.78. The van der Waals surface area contributed by atoms with Crippen LogP contribution in [-0.2, 0) is 0 Å². The molecule has 0 aliphatic carbocycles. The van der Waals surface area contributed by atoms with E-state index in [2.05, 4.69) is 6.08 Å². The van der Waals surface area contributed by atoms with Crippen molar-refractivity contribution in [1.29, 1.82) is 0 Å². The van der Waals surface area contributed by atoms with E-state index in [-0.39, 0.29) is 0 Å². The largest absolute Gasteiger partial charge is 0.489 e. The van der Waals surface area contributed by atoms with Gasteiger partial charge in [-0.25, -0.2) is 0 Å². The Kier molecular flexibility index (Phi) is 2.54. The van der Waals surface area contributed by atoms with Gasteiger partial charge < -0.3 is 9.47 Å². The first-order chi connectivity index (χ1) is 8.42. The van der Waals surface area contributed by atoms with E-state index in [1.165, 1.54) is 0 Å². The topological polar surface area (TPSA) is 18.5 Å². The van der Waals surface area contributed by atoms with Gasteiger partial charge in [-0.05, 0) is 30.3 Å². The molecule has 17 heavy (non-hydrogen) atoms. The van der Waals surface area contributed by atoms with Gasteiger partial charge in [0.05, 0.1) is 0 Å². The molecule has 0 unspecified atom stereocenters. The van der Waals surface area contributed by atoms with Crippen molar-refractivity contribution in [2.75, 3.05) is 6.61 Å². The lowest BCUT2D eigenvalue weighted by Gasteiger charge is -2.13. The summed E-state index contributed by atoms with van der Waals surface area (Å²) in [7, 11) is 0. The molecule has 0 bridgehead atoms. The van der Waals surface area contributed by atoms with Crippen molar-refractivity contribution in [2.45, 2.75) is 0 Å². The maximum Gasteiger partial charge on any atom is 0.131 e. The molecule has 84 valence electrons. The molecule has 0 saturated heterocycles. The van der Waals surface area contributed by atoms with Gasteiger partial charge >= 0.3 is 0 Å². The van der Waals surface area contributed by atoms with Crippen LogP contribution in [0.4, 0.5) is 0 Å². The molecule has 0 saturated carbocycles. The van der Waals surface area contributed by atoms with Gasteiger partial charge in [0, 0.05) is 11.6 Å². The zero-order valence-electron chi connectivity index (χ0n) is 9.30. The minimum atomic E-state index is 0.627. The van der Waals surface area contributed by atoms with Gasteiger partial charge in [-0.2, -0.15) is 0 Å². The fourth-order valence-corrected chi connectivity index (χ4v) is 1.78. The molecular formula is C15H12O2. The van der Waals surface area contributed by atoms with Gasteiger partial charge in [0.2, 0.25) is 0 Å². The molecule has 0 amide bonds. The second kappa shape index (κ2) is 4.34. The summed E-state index contributed by atoms with van der Waals surface area (Å²) < 4.78 is 11.3. The standard InChI is InChI=1S/C15H12O2/c1-2-6-13(7-3-1)17-14-9-8-12-5-4-10-16-15(12)11-14/h1-9,11H,10H2. The molecule has 2 heteroatoms. The predicted octanol–water partition coefficient (Wildman–Crippen LogP) is 3.88. The third-order valence-corrected chi connectivity index (χ3v) is 2.60. The Morgan fingerprint density at radius 3 is 2.71 bits per heavy atom. The SMILES string of the molecule is C1=Cc2ccc(Oc3ccccc3)cc2OC1. The molecule has 1 heterocycles. The molecule has 1 aliphatic rings. The first-order valence-corrected chi connectivity index (χ1v) is 5.58. The van der Waals surface area contributed by atoms with Gasteiger partial charge in [-0.15, -0.1) is 0 Å². The Bertz CT molecular complexity index is 544. The average molecular weight is 224 g/mol. The highest BCUT2D eigenvalue weighted by Crippen LogP contribution is 2.30. The Balaban J connectivity index is 1.87. The number of rotatable bonds is 2. The quantitative estimate of drug-likeness (QED) is 0.770. The van der Waals surface area contributed by atoms with Crippen LogP contribution in [-0.4, -0.2) is 6.61 Å². The zero-order valence-corrected chi connectivity index (χ0v) is 9.30. The molecule has 3 rings (SSSR count). The molecule has 0 aromatic heterocycles. The van der Waals surface area contributed by atoms with Crippen LogP contribution in [0.25, 0.3) is 6.08 Å². The van der Waals surface area contributed by atoms with Gasteiger partial charge in [-0.3, -0.25) is 0 Å². The molecule has 0 fully saturated rings. The molecule has 2 aromatic rings. The summed E-state index contributed by atoms with van der Waals surface area (Å²) in [5, 5.41) is 0. The maximum atomic E-state index is 5.74. The second-order valence-electron chi connectivity index (χ2n) is 3.83. The van der Waals surface area contributed by atoms with E-state index in [0.29, 0.717) is 6.61 Å². The number of benzene rings is 2. The fraction of sp³-hybridized carbons (Fsp3) is 0.0667. The molecule has 0 N–H and O–H groups in total. The zero-order chi connectivity index (χ0) is 11.5. The van der Waals surface area contributed by atoms with Crippen molar-refractivity contribution < 1.29 is 9.47 Å². The number of para-hydroxylation sites is 1. The van der Waals surface area contributed by atoms with E-state index >= 15 is 0 Å². The van der Waals surface area contributed by atoms with Gasteiger partial charge in [0.25, 0.3) is 0 Å². The Morgan fingerprint density at radius 2 is 1.82 bits per heavy atom. The first-order valence-electron chi connectivity index (χ1n) is 5.58. The molecule has 1 aliphatic heterocycles. The van der Waals surface area contributed by atoms with Crippen LogP contribution in [0.15, 0.2) is 54.6 Å². The Labute approximate surface area is 100 Å². The summed E-state index contributed by atoms with van der Waals surface area (Å²) in [5.41, 5.74) is 1.09. The van der Waals surface area contributed by atoms with E-state index < -0.39 is 0 Å². The molecule has 0 radical (unpaired) electrons. The Morgan fingerprint density at radius 1 is 0.941 bits per heavy atom. The third-order valence-electron chi connectivity index (χ3n) is 2.60. The van der Waals surface area contributed by atoms with E-state index in [4.69, 9.17) is 9.47 Å². The molecule has 2 nitrogen and oxygen atoms in total. The number of hydrogen-bond acceptors (Lipinski definition) is 2. The summed E-state index contributed by atoms with van der Waals surface area (Å²) in [6.07, 6.45) is 4.06. The van der Waals surface area contributed by atoms with Crippen molar-refractivity contribution in [2.24, 2.45) is 0 Å². The van der Waals surface area contributed by atoms with Crippen molar-refractivity contribution in [1.82, 2.24) is 0 Å². The van der Waals surface area contributed by atoms with Crippen molar-refractivity contribution >= 4 is 6.08 Å². The van der Waals surface area contributed by atoms with E-state index in [1.54, 1.807) is 0 Å². The highest BCUT2D eigenvalue weighted by atomic mass is 16.5.